The van der Waals surface area contributed by atoms with Gasteiger partial charge in [0.2, 0.25) is 0 Å². The summed E-state index contributed by atoms with van der Waals surface area (Å²) < 4.78 is 11.3. The highest BCUT2D eigenvalue weighted by molar-refractivity contribution is 14.0. The van der Waals surface area contributed by atoms with E-state index in [1.54, 1.807) is 7.11 Å². The highest BCUT2D eigenvalue weighted by Gasteiger charge is 2.58. The van der Waals surface area contributed by atoms with E-state index in [-0.39, 0.29) is 29.4 Å². The van der Waals surface area contributed by atoms with Gasteiger partial charge in [0, 0.05) is 44.6 Å². The molecule has 3 unspecified atom stereocenters. The van der Waals surface area contributed by atoms with Gasteiger partial charge in [-0.2, -0.15) is 0 Å². The standard InChI is InChI=1S/C20H31N3O2.HI/c1-20(2)17(16-10-7-11-25-18(16)20)22-19(21-3)23(4)13-14-8-6-9-15(12-14)24-5;/h6,8-9,12,16-18H,7,10-11,13H2,1-5H3,(H,21,22);1H. The van der Waals surface area contributed by atoms with Crippen molar-refractivity contribution in [2.45, 2.75) is 45.4 Å². The number of hydrogen-bond acceptors (Lipinski definition) is 3. The van der Waals surface area contributed by atoms with Crippen LogP contribution in [0.2, 0.25) is 0 Å². The molecule has 2 fully saturated rings. The van der Waals surface area contributed by atoms with Crippen LogP contribution in [0.5, 0.6) is 5.75 Å². The molecule has 0 aromatic heterocycles. The normalized spacial score (nSPS) is 26.8. The molecule has 3 rings (SSSR count). The monoisotopic (exact) mass is 473 g/mol. The van der Waals surface area contributed by atoms with Gasteiger partial charge in [0.1, 0.15) is 5.75 Å². The summed E-state index contributed by atoms with van der Waals surface area (Å²) in [6, 6.07) is 8.59. The average Bonchev–Trinajstić information content (AvgIpc) is 2.62. The quantitative estimate of drug-likeness (QED) is 0.413. The third-order valence-corrected chi connectivity index (χ3v) is 5.74. The van der Waals surface area contributed by atoms with Crippen molar-refractivity contribution in [2.75, 3.05) is 27.8 Å². The van der Waals surface area contributed by atoms with E-state index in [0.717, 1.165) is 31.3 Å². The molecule has 1 saturated carbocycles. The van der Waals surface area contributed by atoms with Crippen LogP contribution in [0, 0.1) is 11.3 Å². The van der Waals surface area contributed by atoms with E-state index < -0.39 is 0 Å². The summed E-state index contributed by atoms with van der Waals surface area (Å²) >= 11 is 0. The number of hydrogen-bond donors (Lipinski definition) is 1. The lowest BCUT2D eigenvalue weighted by Crippen LogP contribution is -2.71. The minimum atomic E-state index is 0. The molecule has 0 radical (unpaired) electrons. The van der Waals surface area contributed by atoms with Gasteiger partial charge in [-0.3, -0.25) is 4.99 Å². The maximum Gasteiger partial charge on any atom is 0.193 e. The van der Waals surface area contributed by atoms with Crippen LogP contribution in [0.15, 0.2) is 29.3 Å². The first-order valence-electron chi connectivity index (χ1n) is 9.16. The van der Waals surface area contributed by atoms with E-state index in [4.69, 9.17) is 9.47 Å². The largest absolute Gasteiger partial charge is 0.497 e. The van der Waals surface area contributed by atoms with Crippen molar-refractivity contribution in [1.82, 2.24) is 10.2 Å². The number of nitrogens with one attached hydrogen (secondary N) is 1. The minimum Gasteiger partial charge on any atom is -0.497 e. The minimum absolute atomic E-state index is 0. The van der Waals surface area contributed by atoms with E-state index in [1.807, 2.05) is 19.2 Å². The number of fused-ring (bicyclic) bond motifs is 1. The fourth-order valence-electron chi connectivity index (χ4n) is 4.42. The van der Waals surface area contributed by atoms with Gasteiger partial charge in [0.25, 0.3) is 0 Å². The van der Waals surface area contributed by atoms with Crippen LogP contribution >= 0.6 is 24.0 Å². The summed E-state index contributed by atoms with van der Waals surface area (Å²) in [6.45, 7) is 6.29. The van der Waals surface area contributed by atoms with Crippen LogP contribution in [0.4, 0.5) is 0 Å². The summed E-state index contributed by atoms with van der Waals surface area (Å²) in [5, 5.41) is 3.71. The predicted octanol–water partition coefficient (Wildman–Crippen LogP) is 3.52. The van der Waals surface area contributed by atoms with Crippen LogP contribution in [0.3, 0.4) is 0 Å². The van der Waals surface area contributed by atoms with Gasteiger partial charge < -0.3 is 19.7 Å². The number of methoxy groups -OCH3 is 1. The van der Waals surface area contributed by atoms with Gasteiger partial charge in [-0.25, -0.2) is 0 Å². The Morgan fingerprint density at radius 1 is 1.42 bits per heavy atom. The van der Waals surface area contributed by atoms with Gasteiger partial charge in [0.05, 0.1) is 13.2 Å². The van der Waals surface area contributed by atoms with Crippen molar-refractivity contribution in [3.63, 3.8) is 0 Å². The summed E-state index contributed by atoms with van der Waals surface area (Å²) in [7, 11) is 5.63. The Kier molecular flexibility index (Phi) is 7.19. The molecular weight excluding hydrogens is 441 g/mol. The second-order valence-corrected chi connectivity index (χ2v) is 7.80. The molecule has 6 heteroatoms. The van der Waals surface area contributed by atoms with Crippen LogP contribution in [0.1, 0.15) is 32.3 Å². The third-order valence-electron chi connectivity index (χ3n) is 5.74. The lowest BCUT2D eigenvalue weighted by Gasteiger charge is -2.60. The molecule has 5 nitrogen and oxygen atoms in total. The number of ether oxygens (including phenoxy) is 2. The first-order chi connectivity index (χ1) is 12.0. The van der Waals surface area contributed by atoms with Gasteiger partial charge in [0.15, 0.2) is 5.96 Å². The number of rotatable bonds is 4. The lowest BCUT2D eigenvalue weighted by atomic mass is 9.55. The molecule has 1 aliphatic carbocycles. The Hall–Kier alpha value is -1.02. The van der Waals surface area contributed by atoms with Gasteiger partial charge >= 0.3 is 0 Å². The molecule has 146 valence electrons. The molecule has 3 atom stereocenters. The Balaban J connectivity index is 0.00000243. The van der Waals surface area contributed by atoms with Crippen molar-refractivity contribution in [3.05, 3.63) is 29.8 Å². The van der Waals surface area contributed by atoms with Crippen molar-refractivity contribution in [3.8, 4) is 5.75 Å². The predicted molar refractivity (Wildman–Crippen MR) is 116 cm³/mol. The molecule has 1 saturated heterocycles. The molecule has 1 N–H and O–H groups in total. The second kappa shape index (κ2) is 8.78. The van der Waals surface area contributed by atoms with Gasteiger partial charge in [-0.15, -0.1) is 24.0 Å². The number of benzene rings is 1. The van der Waals surface area contributed by atoms with Crippen LogP contribution in [-0.4, -0.2) is 50.8 Å². The van der Waals surface area contributed by atoms with Crippen molar-refractivity contribution >= 4 is 29.9 Å². The maximum absolute atomic E-state index is 6.01. The van der Waals surface area contributed by atoms with Crippen molar-refractivity contribution in [1.29, 1.82) is 0 Å². The number of aliphatic imine (C=N–C) groups is 1. The average molecular weight is 473 g/mol. The fraction of sp³-hybridized carbons (Fsp3) is 0.650. The fourth-order valence-corrected chi connectivity index (χ4v) is 4.42. The molecule has 2 aliphatic rings. The van der Waals surface area contributed by atoms with Crippen LogP contribution in [0.25, 0.3) is 0 Å². The molecule has 26 heavy (non-hydrogen) atoms. The molecule has 1 aromatic rings. The van der Waals surface area contributed by atoms with E-state index in [1.165, 1.54) is 12.0 Å². The van der Waals surface area contributed by atoms with E-state index in [0.29, 0.717) is 18.1 Å². The van der Waals surface area contributed by atoms with Crippen LogP contribution in [-0.2, 0) is 11.3 Å². The highest BCUT2D eigenvalue weighted by Crippen LogP contribution is 2.51. The molecule has 0 amide bonds. The molecule has 1 aliphatic heterocycles. The SMILES string of the molecule is CN=C(NC1C2CCCOC2C1(C)C)N(C)Cc1cccc(OC)c1.I. The first-order valence-corrected chi connectivity index (χ1v) is 9.16. The molecule has 1 aromatic carbocycles. The Labute approximate surface area is 174 Å². The zero-order valence-electron chi connectivity index (χ0n) is 16.5. The summed E-state index contributed by atoms with van der Waals surface area (Å²) in [5.74, 6) is 2.41. The number of nitrogens with zero attached hydrogens (tertiary/aromatic N) is 2. The highest BCUT2D eigenvalue weighted by atomic mass is 127. The van der Waals surface area contributed by atoms with Crippen molar-refractivity contribution < 1.29 is 9.47 Å². The number of halogens is 1. The van der Waals surface area contributed by atoms with Gasteiger partial charge in [-0.05, 0) is 30.5 Å². The smallest absolute Gasteiger partial charge is 0.193 e. The topological polar surface area (TPSA) is 46.1 Å². The van der Waals surface area contributed by atoms with Crippen molar-refractivity contribution in [2.24, 2.45) is 16.3 Å². The van der Waals surface area contributed by atoms with E-state index in [9.17, 15) is 0 Å². The maximum atomic E-state index is 6.01. The third kappa shape index (κ3) is 4.11. The summed E-state index contributed by atoms with van der Waals surface area (Å²) in [4.78, 5) is 6.68. The Morgan fingerprint density at radius 2 is 2.19 bits per heavy atom. The summed E-state index contributed by atoms with van der Waals surface area (Å²) in [5.41, 5.74) is 1.34. The van der Waals surface area contributed by atoms with E-state index in [2.05, 4.69) is 48.2 Å². The molecular formula is C20H32IN3O2. The molecule has 0 spiro atoms. The zero-order chi connectivity index (χ0) is 18.0. The van der Waals surface area contributed by atoms with Gasteiger partial charge in [-0.1, -0.05) is 26.0 Å². The molecule has 0 bridgehead atoms. The lowest BCUT2D eigenvalue weighted by molar-refractivity contribution is -0.188. The number of guanidine groups is 1. The summed E-state index contributed by atoms with van der Waals surface area (Å²) in [6.07, 6.45) is 2.77. The first kappa shape index (κ1) is 21.3. The van der Waals surface area contributed by atoms with E-state index >= 15 is 0 Å². The second-order valence-electron chi connectivity index (χ2n) is 7.80. The molecule has 1 heterocycles. The van der Waals surface area contributed by atoms with Crippen LogP contribution < -0.4 is 10.1 Å². The zero-order valence-corrected chi connectivity index (χ0v) is 18.8. The Bertz CT molecular complexity index is 635. The Morgan fingerprint density at radius 3 is 2.88 bits per heavy atom.